The Morgan fingerprint density at radius 2 is 2.00 bits per heavy atom. The Balaban J connectivity index is 5.51. The number of allylic oxidation sites excluding steroid dienone is 7. The van der Waals surface area contributed by atoms with Gasteiger partial charge in [-0.25, -0.2) is 0 Å². The van der Waals surface area contributed by atoms with Crippen molar-refractivity contribution in [1.29, 1.82) is 0 Å². The maximum atomic E-state index is 5.91. The Morgan fingerprint density at radius 1 is 1.30 bits per heavy atom. The van der Waals surface area contributed by atoms with Crippen LogP contribution in [0, 0.1) is 0 Å². The molecule has 0 radical (unpaired) electrons. The summed E-state index contributed by atoms with van der Waals surface area (Å²) in [5.74, 6) is 0. The number of aliphatic imine (C=N–C) groups is 2. The average Bonchev–Trinajstić information content (AvgIpc) is 2.48. The monoisotopic (exact) mass is 270 g/mol. The van der Waals surface area contributed by atoms with Crippen LogP contribution in [0.2, 0.25) is 0 Å². The maximum absolute atomic E-state index is 5.91. The second kappa shape index (κ2) is 10.3. The lowest BCUT2D eigenvalue weighted by molar-refractivity contribution is 1.23. The first-order valence-electron chi connectivity index (χ1n) is 6.06. The summed E-state index contributed by atoms with van der Waals surface area (Å²) in [5.41, 5.74) is 14.3. The molecule has 0 heterocycles. The summed E-state index contributed by atoms with van der Waals surface area (Å²) in [6, 6.07) is 0. The highest BCUT2D eigenvalue weighted by atomic mass is 14.7. The first kappa shape index (κ1) is 17.4. The molecule has 0 aromatic rings. The van der Waals surface area contributed by atoms with Crippen LogP contribution in [-0.4, -0.2) is 19.5 Å². The molecule has 0 aliphatic heterocycles. The summed E-state index contributed by atoms with van der Waals surface area (Å²) in [7, 11) is 1.67. The van der Waals surface area contributed by atoms with Gasteiger partial charge in [-0.1, -0.05) is 37.5 Å². The van der Waals surface area contributed by atoms with Gasteiger partial charge in [0, 0.05) is 25.0 Å². The Labute approximate surface area is 121 Å². The SMILES string of the molecule is C=C/C=C(\C=C)C/C=C(C(/C=C\N=C)=NC)\C(N)=C/N. The Kier molecular flexibility index (Phi) is 8.96. The number of hydrogen-bond donors (Lipinski definition) is 2. The van der Waals surface area contributed by atoms with Crippen LogP contribution in [0.3, 0.4) is 0 Å². The molecular formula is C16H22N4. The van der Waals surface area contributed by atoms with Crippen molar-refractivity contribution < 1.29 is 0 Å². The molecule has 0 amide bonds. The van der Waals surface area contributed by atoms with Gasteiger partial charge in [-0.15, -0.1) is 0 Å². The largest absolute Gasteiger partial charge is 0.403 e. The highest BCUT2D eigenvalue weighted by Crippen LogP contribution is 2.13. The van der Waals surface area contributed by atoms with Crippen molar-refractivity contribution >= 4 is 12.4 Å². The van der Waals surface area contributed by atoms with Gasteiger partial charge < -0.3 is 11.5 Å². The lowest BCUT2D eigenvalue weighted by Gasteiger charge is -2.08. The van der Waals surface area contributed by atoms with Gasteiger partial charge >= 0.3 is 0 Å². The molecule has 0 unspecified atom stereocenters. The van der Waals surface area contributed by atoms with Crippen LogP contribution in [-0.2, 0) is 0 Å². The first-order chi connectivity index (χ1) is 9.64. The molecular weight excluding hydrogens is 248 g/mol. The molecule has 0 saturated heterocycles. The van der Waals surface area contributed by atoms with Crippen molar-refractivity contribution in [2.45, 2.75) is 6.42 Å². The highest BCUT2D eigenvalue weighted by Gasteiger charge is 2.06. The van der Waals surface area contributed by atoms with E-state index in [9.17, 15) is 0 Å². The van der Waals surface area contributed by atoms with E-state index in [0.29, 0.717) is 17.8 Å². The summed E-state index contributed by atoms with van der Waals surface area (Å²) in [6.45, 7) is 10.8. The van der Waals surface area contributed by atoms with Gasteiger partial charge in [0.2, 0.25) is 0 Å². The quantitative estimate of drug-likeness (QED) is 0.525. The normalized spacial score (nSPS) is 14.4. The molecule has 4 heteroatoms. The zero-order chi connectivity index (χ0) is 15.4. The van der Waals surface area contributed by atoms with Crippen molar-refractivity contribution in [3.05, 3.63) is 72.8 Å². The van der Waals surface area contributed by atoms with Crippen LogP contribution in [0.4, 0.5) is 0 Å². The lowest BCUT2D eigenvalue weighted by Crippen LogP contribution is -2.11. The molecule has 0 aromatic carbocycles. The third-order valence-electron chi connectivity index (χ3n) is 2.48. The summed E-state index contributed by atoms with van der Waals surface area (Å²) < 4.78 is 0. The molecule has 106 valence electrons. The minimum Gasteiger partial charge on any atom is -0.403 e. The molecule has 0 spiro atoms. The molecule has 0 rings (SSSR count). The second-order valence-corrected chi connectivity index (χ2v) is 3.73. The van der Waals surface area contributed by atoms with Gasteiger partial charge in [-0.3, -0.25) is 9.98 Å². The van der Waals surface area contributed by atoms with E-state index >= 15 is 0 Å². The number of hydrogen-bond acceptors (Lipinski definition) is 4. The van der Waals surface area contributed by atoms with Crippen molar-refractivity contribution in [3.8, 4) is 0 Å². The van der Waals surface area contributed by atoms with E-state index in [1.807, 2.05) is 12.2 Å². The van der Waals surface area contributed by atoms with Crippen molar-refractivity contribution in [3.63, 3.8) is 0 Å². The summed E-state index contributed by atoms with van der Waals surface area (Å²) in [4.78, 5) is 7.84. The van der Waals surface area contributed by atoms with Gasteiger partial charge in [-0.05, 0) is 24.8 Å². The van der Waals surface area contributed by atoms with Gasteiger partial charge in [0.05, 0.1) is 11.4 Å². The van der Waals surface area contributed by atoms with Crippen LogP contribution >= 0.6 is 0 Å². The molecule has 20 heavy (non-hydrogen) atoms. The van der Waals surface area contributed by atoms with Crippen LogP contribution in [0.15, 0.2) is 82.8 Å². The van der Waals surface area contributed by atoms with Gasteiger partial charge in [0.1, 0.15) is 0 Å². The number of nitrogens with two attached hydrogens (primary N) is 2. The molecule has 4 N–H and O–H groups in total. The summed E-state index contributed by atoms with van der Waals surface area (Å²) in [5, 5.41) is 0. The minimum absolute atomic E-state index is 0.446. The van der Waals surface area contributed by atoms with Crippen LogP contribution in [0.5, 0.6) is 0 Å². The Morgan fingerprint density at radius 3 is 2.45 bits per heavy atom. The average molecular weight is 270 g/mol. The second-order valence-electron chi connectivity index (χ2n) is 3.73. The molecule has 4 nitrogen and oxygen atoms in total. The molecule has 0 fully saturated rings. The van der Waals surface area contributed by atoms with E-state index in [2.05, 4.69) is 29.9 Å². The van der Waals surface area contributed by atoms with Crippen molar-refractivity contribution in [2.75, 3.05) is 7.05 Å². The molecule has 0 aliphatic rings. The van der Waals surface area contributed by atoms with E-state index in [4.69, 9.17) is 11.5 Å². The Bertz CT molecular complexity index is 503. The van der Waals surface area contributed by atoms with Crippen LogP contribution < -0.4 is 11.5 Å². The van der Waals surface area contributed by atoms with Crippen molar-refractivity contribution in [1.82, 2.24) is 0 Å². The van der Waals surface area contributed by atoms with E-state index in [1.54, 1.807) is 31.5 Å². The molecule has 0 aromatic heterocycles. The molecule has 0 aliphatic carbocycles. The van der Waals surface area contributed by atoms with Gasteiger partial charge in [0.25, 0.3) is 0 Å². The molecule has 0 bridgehead atoms. The third kappa shape index (κ3) is 5.82. The molecule has 0 saturated carbocycles. The van der Waals surface area contributed by atoms with Gasteiger partial charge in [0.15, 0.2) is 0 Å². The fraction of sp³-hybridized carbons (Fsp3) is 0.125. The zero-order valence-electron chi connectivity index (χ0n) is 11.9. The minimum atomic E-state index is 0.446. The number of rotatable bonds is 8. The first-order valence-corrected chi connectivity index (χ1v) is 6.06. The Hall–Kier alpha value is -2.62. The van der Waals surface area contributed by atoms with Crippen LogP contribution in [0.1, 0.15) is 6.42 Å². The van der Waals surface area contributed by atoms with E-state index < -0.39 is 0 Å². The zero-order valence-corrected chi connectivity index (χ0v) is 11.9. The predicted molar refractivity (Wildman–Crippen MR) is 89.7 cm³/mol. The van der Waals surface area contributed by atoms with Gasteiger partial charge in [-0.2, -0.15) is 0 Å². The molecule has 0 atom stereocenters. The van der Waals surface area contributed by atoms with E-state index in [-0.39, 0.29) is 0 Å². The van der Waals surface area contributed by atoms with E-state index in [1.165, 1.54) is 6.20 Å². The number of nitrogens with zero attached hydrogens (tertiary/aromatic N) is 2. The van der Waals surface area contributed by atoms with E-state index in [0.717, 1.165) is 11.1 Å². The highest BCUT2D eigenvalue weighted by molar-refractivity contribution is 6.11. The lowest BCUT2D eigenvalue weighted by atomic mass is 10.0. The maximum Gasteiger partial charge on any atom is 0.0676 e. The fourth-order valence-electron chi connectivity index (χ4n) is 1.46. The third-order valence-corrected chi connectivity index (χ3v) is 2.48. The predicted octanol–water partition coefficient (Wildman–Crippen LogP) is 2.65. The topological polar surface area (TPSA) is 76.8 Å². The fourth-order valence-corrected chi connectivity index (χ4v) is 1.46. The standard InChI is InChI=1S/C16H22N4/c1-5-7-13(6-2)8-9-14(15(18)12-17)16(20-4)10-11-19-3/h5-7,9-12H,1-3,8,17-18H2,4H3/b11-10-,13-7+,14-9+,15-12+,20-16?. The van der Waals surface area contributed by atoms with Crippen LogP contribution in [0.25, 0.3) is 0 Å². The summed E-state index contributed by atoms with van der Waals surface area (Å²) in [6.07, 6.45) is 12.6. The summed E-state index contributed by atoms with van der Waals surface area (Å²) >= 11 is 0. The van der Waals surface area contributed by atoms with Crippen molar-refractivity contribution in [2.24, 2.45) is 21.5 Å². The smallest absolute Gasteiger partial charge is 0.0676 e.